The van der Waals surface area contributed by atoms with Gasteiger partial charge in [0, 0.05) is 32.3 Å². The molecule has 7 nitrogen and oxygen atoms in total. The second-order valence-corrected chi connectivity index (χ2v) is 4.71. The molecule has 0 spiro atoms. The van der Waals surface area contributed by atoms with E-state index < -0.39 is 28.4 Å². The molecule has 20 heavy (non-hydrogen) atoms. The van der Waals surface area contributed by atoms with Crippen LogP contribution in [0.25, 0.3) is 0 Å². The lowest BCUT2D eigenvalue weighted by molar-refractivity contribution is -0.384. The Labute approximate surface area is 122 Å². The number of carboxylic acids is 1. The van der Waals surface area contributed by atoms with Gasteiger partial charge in [-0.25, -0.2) is 9.18 Å². The number of ether oxygens (including phenoxy) is 1. The Bertz CT molecular complexity index is 526. The Morgan fingerprint density at radius 2 is 2.30 bits per heavy atom. The number of nitrogens with one attached hydrogen (secondary N) is 1. The number of hydrogen-bond acceptors (Lipinski definition) is 5. The van der Waals surface area contributed by atoms with Gasteiger partial charge in [-0.3, -0.25) is 10.1 Å². The maximum atomic E-state index is 13.4. The lowest BCUT2D eigenvalue weighted by Gasteiger charge is -2.15. The standard InChI is InChI=1S/C11H12BrFN2O5/c1-20-3-2-8(11(16)17)14-9-5-7(13)6(12)4-10(9)15(18)19/h4-5,8,14H,2-3H2,1H3,(H,16,17). The predicted octanol–water partition coefficient (Wildman–Crippen LogP) is 2.40. The van der Waals surface area contributed by atoms with Crippen molar-refractivity contribution >= 4 is 33.3 Å². The molecule has 1 atom stereocenters. The Kier molecular flexibility index (Phi) is 5.83. The lowest BCUT2D eigenvalue weighted by atomic mass is 10.2. The van der Waals surface area contributed by atoms with E-state index >= 15 is 0 Å². The minimum atomic E-state index is -1.21. The van der Waals surface area contributed by atoms with Crippen LogP contribution in [0.15, 0.2) is 16.6 Å². The summed E-state index contributed by atoms with van der Waals surface area (Å²) in [5.41, 5.74) is -0.610. The maximum Gasteiger partial charge on any atom is 0.326 e. The van der Waals surface area contributed by atoms with Crippen LogP contribution in [0.5, 0.6) is 0 Å². The van der Waals surface area contributed by atoms with Crippen molar-refractivity contribution in [3.8, 4) is 0 Å². The third-order valence-electron chi connectivity index (χ3n) is 2.47. The fraction of sp³-hybridized carbons (Fsp3) is 0.364. The molecule has 1 aromatic carbocycles. The Morgan fingerprint density at radius 3 is 2.80 bits per heavy atom. The van der Waals surface area contributed by atoms with E-state index in [0.29, 0.717) is 0 Å². The molecule has 0 radical (unpaired) electrons. The maximum absolute atomic E-state index is 13.4. The summed E-state index contributed by atoms with van der Waals surface area (Å²) in [6.07, 6.45) is 0.0840. The fourth-order valence-corrected chi connectivity index (χ4v) is 1.82. The summed E-state index contributed by atoms with van der Waals surface area (Å²) in [5.74, 6) is -1.94. The first-order valence-electron chi connectivity index (χ1n) is 5.48. The van der Waals surface area contributed by atoms with Crippen LogP contribution in [0, 0.1) is 15.9 Å². The molecule has 110 valence electrons. The van der Waals surface area contributed by atoms with E-state index in [1.807, 2.05) is 0 Å². The summed E-state index contributed by atoms with van der Waals surface area (Å²) in [7, 11) is 1.40. The summed E-state index contributed by atoms with van der Waals surface area (Å²) in [4.78, 5) is 21.2. The van der Waals surface area contributed by atoms with Gasteiger partial charge in [-0.1, -0.05) is 0 Å². The van der Waals surface area contributed by atoms with Gasteiger partial charge in [0.25, 0.3) is 5.69 Å². The molecule has 0 bridgehead atoms. The Balaban J connectivity index is 3.07. The SMILES string of the molecule is COCCC(Nc1cc(F)c(Br)cc1[N+](=O)[O-])C(=O)O. The number of nitro benzene ring substituents is 1. The highest BCUT2D eigenvalue weighted by Gasteiger charge is 2.23. The van der Waals surface area contributed by atoms with E-state index in [2.05, 4.69) is 21.2 Å². The quantitative estimate of drug-likeness (QED) is 0.578. The van der Waals surface area contributed by atoms with Crippen molar-refractivity contribution < 1.29 is 24.0 Å². The van der Waals surface area contributed by atoms with Gasteiger partial charge in [0.05, 0.1) is 9.40 Å². The average molecular weight is 351 g/mol. The molecule has 1 rings (SSSR count). The number of aliphatic carboxylic acids is 1. The first kappa shape index (κ1) is 16.3. The molecule has 0 aromatic heterocycles. The molecule has 0 heterocycles. The van der Waals surface area contributed by atoms with E-state index in [9.17, 15) is 19.3 Å². The third kappa shape index (κ3) is 4.14. The largest absolute Gasteiger partial charge is 0.480 e. The van der Waals surface area contributed by atoms with Crippen LogP contribution in [-0.2, 0) is 9.53 Å². The number of rotatable bonds is 7. The number of carbonyl (C=O) groups is 1. The number of benzene rings is 1. The van der Waals surface area contributed by atoms with Crippen molar-refractivity contribution in [2.24, 2.45) is 0 Å². The van der Waals surface area contributed by atoms with Crippen molar-refractivity contribution in [2.45, 2.75) is 12.5 Å². The van der Waals surface area contributed by atoms with E-state index in [0.717, 1.165) is 12.1 Å². The van der Waals surface area contributed by atoms with E-state index in [1.165, 1.54) is 7.11 Å². The molecule has 1 aromatic rings. The van der Waals surface area contributed by atoms with Crippen molar-refractivity contribution in [2.75, 3.05) is 19.0 Å². The van der Waals surface area contributed by atoms with Gasteiger partial charge in [-0.15, -0.1) is 0 Å². The summed E-state index contributed by atoms with van der Waals surface area (Å²) >= 11 is 2.84. The zero-order chi connectivity index (χ0) is 15.3. The number of halogens is 2. The van der Waals surface area contributed by atoms with Gasteiger partial charge in [-0.2, -0.15) is 0 Å². The zero-order valence-corrected chi connectivity index (χ0v) is 12.0. The van der Waals surface area contributed by atoms with Crippen LogP contribution < -0.4 is 5.32 Å². The minimum absolute atomic E-state index is 0.0708. The van der Waals surface area contributed by atoms with Gasteiger partial charge in [0.15, 0.2) is 0 Å². The molecular weight excluding hydrogens is 339 g/mol. The number of anilines is 1. The first-order chi connectivity index (χ1) is 9.36. The Morgan fingerprint density at radius 1 is 1.65 bits per heavy atom. The molecule has 0 saturated heterocycles. The monoisotopic (exact) mass is 350 g/mol. The molecule has 0 aliphatic carbocycles. The molecule has 0 aliphatic rings. The third-order valence-corrected chi connectivity index (χ3v) is 3.08. The van der Waals surface area contributed by atoms with Gasteiger partial charge < -0.3 is 15.2 Å². The number of carboxylic acid groups (broad SMARTS) is 1. The van der Waals surface area contributed by atoms with E-state index in [1.54, 1.807) is 0 Å². The molecule has 0 fully saturated rings. The second-order valence-electron chi connectivity index (χ2n) is 3.86. The average Bonchev–Trinajstić information content (AvgIpc) is 2.37. The molecule has 9 heteroatoms. The number of methoxy groups -OCH3 is 1. The van der Waals surface area contributed by atoms with Crippen molar-refractivity contribution in [3.05, 3.63) is 32.5 Å². The molecule has 0 amide bonds. The lowest BCUT2D eigenvalue weighted by Crippen LogP contribution is -2.30. The summed E-state index contributed by atoms with van der Waals surface area (Å²) in [5, 5.41) is 22.4. The summed E-state index contributed by atoms with van der Waals surface area (Å²) < 4.78 is 18.1. The van der Waals surface area contributed by atoms with E-state index in [-0.39, 0.29) is 23.2 Å². The molecule has 0 aliphatic heterocycles. The minimum Gasteiger partial charge on any atom is -0.480 e. The van der Waals surface area contributed by atoms with Crippen molar-refractivity contribution in [1.29, 1.82) is 0 Å². The molecule has 2 N–H and O–H groups in total. The molecular formula is C11H12BrFN2O5. The topological polar surface area (TPSA) is 102 Å². The first-order valence-corrected chi connectivity index (χ1v) is 6.27. The molecule has 0 saturated carbocycles. The molecule has 1 unspecified atom stereocenters. The van der Waals surface area contributed by atoms with Crippen LogP contribution in [0.1, 0.15) is 6.42 Å². The van der Waals surface area contributed by atoms with Crippen LogP contribution in [0.3, 0.4) is 0 Å². The Hall–Kier alpha value is -1.74. The van der Waals surface area contributed by atoms with Gasteiger partial charge >= 0.3 is 5.97 Å². The highest BCUT2D eigenvalue weighted by Crippen LogP contribution is 2.31. The number of nitro groups is 1. The predicted molar refractivity (Wildman–Crippen MR) is 72.3 cm³/mol. The zero-order valence-electron chi connectivity index (χ0n) is 10.4. The van der Waals surface area contributed by atoms with E-state index in [4.69, 9.17) is 9.84 Å². The smallest absolute Gasteiger partial charge is 0.326 e. The number of nitrogens with zero attached hydrogens (tertiary/aromatic N) is 1. The highest BCUT2D eigenvalue weighted by atomic mass is 79.9. The number of hydrogen-bond donors (Lipinski definition) is 2. The summed E-state index contributed by atoms with van der Waals surface area (Å²) in [6.45, 7) is 0.150. The normalized spacial score (nSPS) is 11.9. The van der Waals surface area contributed by atoms with Gasteiger partial charge in [0.2, 0.25) is 0 Å². The highest BCUT2D eigenvalue weighted by molar-refractivity contribution is 9.10. The van der Waals surface area contributed by atoms with Crippen LogP contribution in [0.4, 0.5) is 15.8 Å². The van der Waals surface area contributed by atoms with Crippen molar-refractivity contribution in [3.63, 3.8) is 0 Å². The van der Waals surface area contributed by atoms with Gasteiger partial charge in [0.1, 0.15) is 17.5 Å². The fourth-order valence-electron chi connectivity index (χ4n) is 1.48. The second kappa shape index (κ2) is 7.15. The van der Waals surface area contributed by atoms with Crippen LogP contribution in [-0.4, -0.2) is 35.8 Å². The van der Waals surface area contributed by atoms with Crippen molar-refractivity contribution in [1.82, 2.24) is 0 Å². The van der Waals surface area contributed by atoms with Crippen LogP contribution >= 0.6 is 15.9 Å². The summed E-state index contributed by atoms with van der Waals surface area (Å²) in [6, 6.07) is 0.743. The van der Waals surface area contributed by atoms with Crippen LogP contribution in [0.2, 0.25) is 0 Å². The van der Waals surface area contributed by atoms with Gasteiger partial charge in [-0.05, 0) is 15.9 Å².